The standard InChI is InChI=1S/C13H16N5O8PS2/c1-26-17-6(5-2-28-12(14)15-5)8(19)16-7-9(20)18-3-13(11(21)22,27(23,24)25)4-29-10(7)18/h2,7,10H,3-4H2,1H3,(H2,14,15)(H,16,19)(H,21,22)(H2,23,24,25)/t7?,10-,13?/m1/s1. The number of carboxylic acids is 1. The molecule has 2 saturated heterocycles. The lowest BCUT2D eigenvalue weighted by Crippen LogP contribution is -2.75. The van der Waals surface area contributed by atoms with Crippen LogP contribution in [0.15, 0.2) is 10.5 Å². The van der Waals surface area contributed by atoms with Crippen molar-refractivity contribution in [2.45, 2.75) is 16.6 Å². The summed E-state index contributed by atoms with van der Waals surface area (Å²) in [5.41, 5.74) is 5.49. The molecule has 3 atom stereocenters. The molecule has 29 heavy (non-hydrogen) atoms. The maximum atomic E-state index is 12.6. The number of carbonyl (C=O) groups excluding carboxylic acids is 2. The molecule has 3 heterocycles. The van der Waals surface area contributed by atoms with Gasteiger partial charge in [-0.05, 0) is 0 Å². The van der Waals surface area contributed by atoms with Gasteiger partial charge >= 0.3 is 13.6 Å². The lowest BCUT2D eigenvalue weighted by Gasteiger charge is -2.53. The van der Waals surface area contributed by atoms with E-state index in [0.29, 0.717) is 0 Å². The number of hydrogen-bond donors (Lipinski definition) is 5. The molecule has 13 nitrogen and oxygen atoms in total. The average Bonchev–Trinajstić information content (AvgIpc) is 3.07. The highest BCUT2D eigenvalue weighted by Crippen LogP contribution is 2.56. The smallest absolute Gasteiger partial charge is 0.345 e. The molecule has 0 radical (unpaired) electrons. The third kappa shape index (κ3) is 3.59. The summed E-state index contributed by atoms with van der Waals surface area (Å²) in [6.45, 7) is -0.656. The fourth-order valence-corrected chi connectivity index (χ4v) is 6.32. The highest BCUT2D eigenvalue weighted by molar-refractivity contribution is 8.00. The number of oxime groups is 1. The lowest BCUT2D eigenvalue weighted by molar-refractivity contribution is -0.152. The zero-order valence-corrected chi connectivity index (χ0v) is 17.2. The van der Waals surface area contributed by atoms with Crippen LogP contribution in [0.2, 0.25) is 0 Å². The summed E-state index contributed by atoms with van der Waals surface area (Å²) in [5.74, 6) is -3.53. The molecular formula is C13H16N5O8PS2. The number of thiazole rings is 1. The van der Waals surface area contributed by atoms with Crippen molar-refractivity contribution in [3.63, 3.8) is 0 Å². The van der Waals surface area contributed by atoms with Gasteiger partial charge in [0.05, 0.1) is 6.54 Å². The third-order valence-corrected chi connectivity index (χ3v) is 8.49. The van der Waals surface area contributed by atoms with Gasteiger partial charge in [0.2, 0.25) is 5.91 Å². The third-order valence-electron chi connectivity index (χ3n) is 4.47. The number of rotatable bonds is 6. The van der Waals surface area contributed by atoms with E-state index in [1.807, 2.05) is 0 Å². The van der Waals surface area contributed by atoms with Gasteiger partial charge in [-0.2, -0.15) is 0 Å². The summed E-state index contributed by atoms with van der Waals surface area (Å²) in [6.07, 6.45) is 0. The number of anilines is 1. The number of carboxylic acid groups (broad SMARTS) is 1. The first-order valence-electron chi connectivity index (χ1n) is 7.86. The Balaban J connectivity index is 1.75. The van der Waals surface area contributed by atoms with Crippen molar-refractivity contribution in [3.8, 4) is 0 Å². The van der Waals surface area contributed by atoms with Gasteiger partial charge in [-0.25, -0.2) is 4.98 Å². The van der Waals surface area contributed by atoms with Crippen LogP contribution in [0.1, 0.15) is 5.69 Å². The molecule has 0 aliphatic carbocycles. The Hall–Kier alpha value is -2.19. The molecule has 6 N–H and O–H groups in total. The minimum atomic E-state index is -5.05. The van der Waals surface area contributed by atoms with Gasteiger partial charge in [0.15, 0.2) is 16.0 Å². The predicted molar refractivity (Wildman–Crippen MR) is 102 cm³/mol. The van der Waals surface area contributed by atoms with E-state index in [1.54, 1.807) is 0 Å². The van der Waals surface area contributed by atoms with E-state index in [-0.39, 0.29) is 16.5 Å². The second-order valence-electron chi connectivity index (χ2n) is 6.19. The van der Waals surface area contributed by atoms with Crippen LogP contribution in [-0.2, 0) is 23.8 Å². The van der Waals surface area contributed by atoms with E-state index in [0.717, 1.165) is 28.0 Å². The van der Waals surface area contributed by atoms with Crippen molar-refractivity contribution >= 4 is 59.3 Å². The van der Waals surface area contributed by atoms with Gasteiger partial charge in [-0.3, -0.25) is 18.9 Å². The Morgan fingerprint density at radius 2 is 2.21 bits per heavy atom. The second kappa shape index (κ2) is 7.57. The topological polar surface area (TPSA) is 205 Å². The van der Waals surface area contributed by atoms with Crippen LogP contribution in [0.25, 0.3) is 0 Å². The summed E-state index contributed by atoms with van der Waals surface area (Å²) >= 11 is 1.95. The molecule has 2 aliphatic rings. The summed E-state index contributed by atoms with van der Waals surface area (Å²) in [4.78, 5) is 65.2. The molecule has 2 unspecified atom stereocenters. The zero-order valence-electron chi connectivity index (χ0n) is 14.7. The highest BCUT2D eigenvalue weighted by Gasteiger charge is 2.64. The number of nitrogen functional groups attached to an aromatic ring is 1. The van der Waals surface area contributed by atoms with Gasteiger partial charge in [0, 0.05) is 11.1 Å². The monoisotopic (exact) mass is 465 g/mol. The largest absolute Gasteiger partial charge is 0.480 e. The Bertz CT molecular complexity index is 947. The van der Waals surface area contributed by atoms with Crippen molar-refractivity contribution in [2.24, 2.45) is 5.16 Å². The number of aromatic nitrogens is 1. The molecule has 3 rings (SSSR count). The number of hydrogen-bond acceptors (Lipinski definition) is 10. The first kappa shape index (κ1) is 21.5. The average molecular weight is 465 g/mol. The van der Waals surface area contributed by atoms with Gasteiger partial charge in [0.25, 0.3) is 5.91 Å². The maximum Gasteiger partial charge on any atom is 0.345 e. The van der Waals surface area contributed by atoms with Crippen molar-refractivity contribution < 1.29 is 38.7 Å². The fraction of sp³-hybridized carbons (Fsp3) is 0.462. The molecule has 2 aliphatic heterocycles. The number of carbonyl (C=O) groups is 3. The number of fused-ring (bicyclic) bond motifs is 1. The number of thioether (sulfide) groups is 1. The van der Waals surface area contributed by atoms with Crippen LogP contribution in [0.5, 0.6) is 0 Å². The van der Waals surface area contributed by atoms with Crippen LogP contribution in [0.4, 0.5) is 5.13 Å². The van der Waals surface area contributed by atoms with E-state index in [4.69, 9.17) is 5.73 Å². The van der Waals surface area contributed by atoms with Crippen LogP contribution >= 0.6 is 30.7 Å². The maximum absolute atomic E-state index is 12.6. The summed E-state index contributed by atoms with van der Waals surface area (Å²) in [7, 11) is -3.82. The first-order chi connectivity index (χ1) is 13.5. The molecule has 0 aromatic carbocycles. The Morgan fingerprint density at radius 3 is 2.72 bits per heavy atom. The second-order valence-corrected chi connectivity index (χ2v) is 10.1. The SMILES string of the molecule is CON=C(C(=O)NC1C(=O)N2CC(C(=O)O)(P(=O)(O)O)CS[C@H]12)c1csc(N)n1. The molecule has 1 aromatic rings. The number of amides is 2. The number of aliphatic carboxylic acids is 1. The number of nitrogens with zero attached hydrogens (tertiary/aromatic N) is 3. The minimum Gasteiger partial charge on any atom is -0.480 e. The molecule has 16 heteroatoms. The van der Waals surface area contributed by atoms with Gasteiger partial charge in [0.1, 0.15) is 24.2 Å². The number of nitrogens with two attached hydrogens (primary N) is 1. The normalized spacial score (nSPS) is 27.1. The van der Waals surface area contributed by atoms with E-state index in [2.05, 4.69) is 20.3 Å². The Kier molecular flexibility index (Phi) is 5.62. The molecular weight excluding hydrogens is 449 g/mol. The molecule has 2 amide bonds. The van der Waals surface area contributed by atoms with Crippen molar-refractivity contribution in [2.75, 3.05) is 25.1 Å². The van der Waals surface area contributed by atoms with E-state index in [1.165, 1.54) is 12.5 Å². The van der Waals surface area contributed by atoms with Crippen LogP contribution in [0.3, 0.4) is 0 Å². The minimum absolute atomic E-state index is 0.151. The predicted octanol–water partition coefficient (Wildman–Crippen LogP) is -1.52. The first-order valence-corrected chi connectivity index (χ1v) is 11.4. The van der Waals surface area contributed by atoms with Crippen LogP contribution in [-0.4, -0.2) is 84.3 Å². The van der Waals surface area contributed by atoms with Crippen molar-refractivity contribution in [3.05, 3.63) is 11.1 Å². The lowest BCUT2D eigenvalue weighted by atomic mass is 10.0. The quantitative estimate of drug-likeness (QED) is 0.141. The number of β-lactam (4-membered cyclic amide) rings is 1. The molecule has 0 saturated carbocycles. The van der Waals surface area contributed by atoms with Gasteiger partial charge in [-0.1, -0.05) is 5.16 Å². The molecule has 0 spiro atoms. The number of nitrogens with one attached hydrogen (secondary N) is 1. The van der Waals surface area contributed by atoms with Crippen LogP contribution < -0.4 is 11.1 Å². The van der Waals surface area contributed by atoms with Gasteiger partial charge in [-0.15, -0.1) is 23.1 Å². The van der Waals surface area contributed by atoms with E-state index >= 15 is 0 Å². The van der Waals surface area contributed by atoms with Crippen molar-refractivity contribution in [1.29, 1.82) is 0 Å². The van der Waals surface area contributed by atoms with E-state index in [9.17, 15) is 33.8 Å². The molecule has 158 valence electrons. The summed E-state index contributed by atoms with van der Waals surface area (Å²) in [6, 6.07) is -1.02. The van der Waals surface area contributed by atoms with Crippen LogP contribution in [0, 0.1) is 0 Å². The fourth-order valence-electron chi connectivity index (χ4n) is 2.89. The summed E-state index contributed by atoms with van der Waals surface area (Å²) in [5, 5.41) is 14.1. The van der Waals surface area contributed by atoms with Crippen molar-refractivity contribution in [1.82, 2.24) is 15.2 Å². The van der Waals surface area contributed by atoms with Gasteiger partial charge < -0.3 is 35.7 Å². The summed E-state index contributed by atoms with van der Waals surface area (Å²) < 4.78 is 11.8. The Morgan fingerprint density at radius 1 is 1.52 bits per heavy atom. The molecule has 2 fully saturated rings. The Labute approximate surface area is 171 Å². The molecule has 0 bridgehead atoms. The van der Waals surface area contributed by atoms with E-state index < -0.39 is 54.2 Å². The zero-order chi connectivity index (χ0) is 21.6. The highest BCUT2D eigenvalue weighted by atomic mass is 32.2. The molecule has 1 aromatic heterocycles.